The molecule has 0 aliphatic carbocycles. The van der Waals surface area contributed by atoms with Crippen LogP contribution in [0.3, 0.4) is 0 Å². The van der Waals surface area contributed by atoms with Gasteiger partial charge in [0.05, 0.1) is 29.6 Å². The summed E-state index contributed by atoms with van der Waals surface area (Å²) in [4.78, 5) is 25.1. The quantitative estimate of drug-likeness (QED) is 0.694. The summed E-state index contributed by atoms with van der Waals surface area (Å²) in [5.74, 6) is -0.593. The minimum atomic E-state index is -0.658. The van der Waals surface area contributed by atoms with Crippen LogP contribution in [-0.2, 0) is 23.8 Å². The first-order valence-electron chi connectivity index (χ1n) is 8.28. The molecule has 5 nitrogen and oxygen atoms in total. The lowest BCUT2D eigenvalue weighted by Crippen LogP contribution is -2.54. The SMILES string of the molecule is CO[C@@]12CCO[C@H](C1)C(C)(C)C(=O)/C=C(\C)CCOC(=O)C2C. The van der Waals surface area contributed by atoms with E-state index in [-0.39, 0.29) is 17.9 Å². The van der Waals surface area contributed by atoms with Crippen molar-refractivity contribution in [3.05, 3.63) is 11.6 Å². The molecule has 0 aromatic heterocycles. The molecular weight excluding hydrogens is 296 g/mol. The highest BCUT2D eigenvalue weighted by molar-refractivity contribution is 5.95. The Bertz CT molecular complexity index is 508. The molecule has 2 aliphatic rings. The predicted molar refractivity (Wildman–Crippen MR) is 86.0 cm³/mol. The smallest absolute Gasteiger partial charge is 0.311 e. The zero-order valence-corrected chi connectivity index (χ0v) is 14.8. The first-order valence-corrected chi connectivity index (χ1v) is 8.28. The molecule has 0 aromatic rings. The summed E-state index contributed by atoms with van der Waals surface area (Å²) in [7, 11) is 1.62. The maximum atomic E-state index is 12.7. The molecule has 0 amide bonds. The number of hydrogen-bond donors (Lipinski definition) is 0. The molecule has 0 N–H and O–H groups in total. The predicted octanol–water partition coefficient (Wildman–Crippen LogP) is 2.68. The topological polar surface area (TPSA) is 61.8 Å². The van der Waals surface area contributed by atoms with Crippen molar-refractivity contribution in [3.8, 4) is 0 Å². The molecule has 1 fully saturated rings. The third-order valence-corrected chi connectivity index (χ3v) is 5.48. The van der Waals surface area contributed by atoms with Crippen molar-refractivity contribution < 1.29 is 23.8 Å². The van der Waals surface area contributed by atoms with Crippen molar-refractivity contribution >= 4 is 11.8 Å². The summed E-state index contributed by atoms with van der Waals surface area (Å²) >= 11 is 0. The highest BCUT2D eigenvalue weighted by Gasteiger charge is 2.50. The molecule has 5 heteroatoms. The fourth-order valence-corrected chi connectivity index (χ4v) is 3.36. The van der Waals surface area contributed by atoms with Crippen LogP contribution in [0.15, 0.2) is 11.6 Å². The van der Waals surface area contributed by atoms with Gasteiger partial charge < -0.3 is 14.2 Å². The summed E-state index contributed by atoms with van der Waals surface area (Å²) < 4.78 is 17.1. The lowest BCUT2D eigenvalue weighted by atomic mass is 9.71. The van der Waals surface area contributed by atoms with Gasteiger partial charge in [-0.3, -0.25) is 9.59 Å². The van der Waals surface area contributed by atoms with Crippen LogP contribution in [-0.4, -0.2) is 43.8 Å². The average Bonchev–Trinajstić information content (AvgIpc) is 2.53. The van der Waals surface area contributed by atoms with E-state index in [1.54, 1.807) is 13.2 Å². The number of methoxy groups -OCH3 is 1. The van der Waals surface area contributed by atoms with E-state index >= 15 is 0 Å². The number of ketones is 1. The van der Waals surface area contributed by atoms with Gasteiger partial charge in [0.1, 0.15) is 0 Å². The van der Waals surface area contributed by atoms with Gasteiger partial charge in [-0.2, -0.15) is 0 Å². The molecule has 1 unspecified atom stereocenters. The normalized spacial score (nSPS) is 37.9. The molecule has 3 atom stereocenters. The summed E-state index contributed by atoms with van der Waals surface area (Å²) in [6.45, 7) is 8.30. The minimum Gasteiger partial charge on any atom is -0.465 e. The Morgan fingerprint density at radius 2 is 1.96 bits per heavy atom. The van der Waals surface area contributed by atoms with Crippen LogP contribution in [0.4, 0.5) is 0 Å². The standard InChI is InChI=1S/C18H28O5/c1-12-6-8-23-16(20)13(2)18(21-5)7-9-22-15(11-18)17(3,4)14(19)10-12/h10,13,15H,6-9,11H2,1-5H3/b12-10+/t13?,15-,18+/m1/s1. The third kappa shape index (κ3) is 3.50. The van der Waals surface area contributed by atoms with Crippen LogP contribution in [0.5, 0.6) is 0 Å². The van der Waals surface area contributed by atoms with Crippen molar-refractivity contribution in [3.63, 3.8) is 0 Å². The van der Waals surface area contributed by atoms with Crippen LogP contribution < -0.4 is 0 Å². The van der Waals surface area contributed by atoms with Crippen LogP contribution >= 0.6 is 0 Å². The number of esters is 1. The van der Waals surface area contributed by atoms with E-state index in [1.807, 2.05) is 27.7 Å². The van der Waals surface area contributed by atoms with Gasteiger partial charge in [0, 0.05) is 33.0 Å². The largest absolute Gasteiger partial charge is 0.465 e. The number of rotatable bonds is 1. The van der Waals surface area contributed by atoms with E-state index in [9.17, 15) is 9.59 Å². The van der Waals surface area contributed by atoms with Crippen molar-refractivity contribution in [1.82, 2.24) is 0 Å². The molecule has 2 rings (SSSR count). The van der Waals surface area contributed by atoms with Crippen molar-refractivity contribution in [2.24, 2.45) is 11.3 Å². The van der Waals surface area contributed by atoms with Crippen LogP contribution in [0.1, 0.15) is 47.0 Å². The van der Waals surface area contributed by atoms with Gasteiger partial charge in [-0.1, -0.05) is 19.4 Å². The summed E-state index contributed by atoms with van der Waals surface area (Å²) in [5.41, 5.74) is -0.387. The van der Waals surface area contributed by atoms with Gasteiger partial charge in [0.25, 0.3) is 0 Å². The van der Waals surface area contributed by atoms with E-state index in [2.05, 4.69) is 0 Å². The Hall–Kier alpha value is -1.20. The van der Waals surface area contributed by atoms with Gasteiger partial charge in [0.15, 0.2) is 5.78 Å². The first-order chi connectivity index (χ1) is 10.7. The van der Waals surface area contributed by atoms with Crippen molar-refractivity contribution in [2.45, 2.75) is 58.7 Å². The molecule has 2 heterocycles. The molecule has 130 valence electrons. The highest BCUT2D eigenvalue weighted by Crippen LogP contribution is 2.42. The second-order valence-electron chi connectivity index (χ2n) is 7.30. The van der Waals surface area contributed by atoms with E-state index < -0.39 is 16.9 Å². The summed E-state index contributed by atoms with van der Waals surface area (Å²) in [6.07, 6.45) is 3.06. The first kappa shape index (κ1) is 18.1. The third-order valence-electron chi connectivity index (χ3n) is 5.48. The molecule has 0 spiro atoms. The van der Waals surface area contributed by atoms with Gasteiger partial charge in [-0.25, -0.2) is 0 Å². The Morgan fingerprint density at radius 1 is 1.26 bits per heavy atom. The Morgan fingerprint density at radius 3 is 2.61 bits per heavy atom. The van der Waals surface area contributed by atoms with Crippen LogP contribution in [0.25, 0.3) is 0 Å². The number of carbonyl (C=O) groups is 2. The minimum absolute atomic E-state index is 0.0476. The molecule has 1 saturated heterocycles. The molecule has 2 aliphatic heterocycles. The lowest BCUT2D eigenvalue weighted by Gasteiger charge is -2.46. The van der Waals surface area contributed by atoms with Gasteiger partial charge in [-0.05, 0) is 19.9 Å². The highest BCUT2D eigenvalue weighted by atomic mass is 16.5. The number of fused-ring (bicyclic) bond motifs is 2. The molecular formula is C18H28O5. The number of allylic oxidation sites excluding steroid dienone is 1. The van der Waals surface area contributed by atoms with E-state index in [0.717, 1.165) is 5.57 Å². The number of carbonyl (C=O) groups excluding carboxylic acids is 2. The molecule has 0 radical (unpaired) electrons. The van der Waals surface area contributed by atoms with Gasteiger partial charge in [0.2, 0.25) is 0 Å². The zero-order chi connectivity index (χ0) is 17.3. The Kier molecular flexibility index (Phi) is 5.31. The van der Waals surface area contributed by atoms with Crippen molar-refractivity contribution in [2.75, 3.05) is 20.3 Å². The van der Waals surface area contributed by atoms with E-state index in [4.69, 9.17) is 14.2 Å². The van der Waals surface area contributed by atoms with E-state index in [0.29, 0.717) is 32.5 Å². The van der Waals surface area contributed by atoms with Crippen molar-refractivity contribution in [1.29, 1.82) is 0 Å². The van der Waals surface area contributed by atoms with Crippen LogP contribution in [0, 0.1) is 11.3 Å². The van der Waals surface area contributed by atoms with E-state index in [1.165, 1.54) is 0 Å². The van der Waals surface area contributed by atoms with Gasteiger partial charge in [-0.15, -0.1) is 0 Å². The molecule has 2 bridgehead atoms. The summed E-state index contributed by atoms with van der Waals surface area (Å²) in [5, 5.41) is 0. The molecule has 23 heavy (non-hydrogen) atoms. The number of hydrogen-bond acceptors (Lipinski definition) is 5. The number of cyclic esters (lactones) is 1. The maximum absolute atomic E-state index is 12.7. The Balaban J connectivity index is 2.42. The molecule has 0 aromatic carbocycles. The van der Waals surface area contributed by atoms with Gasteiger partial charge >= 0.3 is 5.97 Å². The Labute approximate surface area is 138 Å². The lowest BCUT2D eigenvalue weighted by molar-refractivity contribution is -0.189. The maximum Gasteiger partial charge on any atom is 0.311 e. The fraction of sp³-hybridized carbons (Fsp3) is 0.778. The molecule has 0 saturated carbocycles. The average molecular weight is 324 g/mol. The summed E-state index contributed by atoms with van der Waals surface area (Å²) in [6, 6.07) is 0. The zero-order valence-electron chi connectivity index (χ0n) is 14.8. The monoisotopic (exact) mass is 324 g/mol. The fourth-order valence-electron chi connectivity index (χ4n) is 3.36. The van der Waals surface area contributed by atoms with Crippen LogP contribution in [0.2, 0.25) is 0 Å². The second-order valence-corrected chi connectivity index (χ2v) is 7.30. The second kappa shape index (κ2) is 6.73. The number of ether oxygens (including phenoxy) is 3.